The van der Waals surface area contributed by atoms with Crippen molar-refractivity contribution in [3.05, 3.63) is 82.4 Å². The summed E-state index contributed by atoms with van der Waals surface area (Å²) in [6, 6.07) is 14.7. The molecule has 0 unspecified atom stereocenters. The number of hydrogen-bond acceptors (Lipinski definition) is 7. The Morgan fingerprint density at radius 2 is 1.31 bits per heavy atom. The van der Waals surface area contributed by atoms with Gasteiger partial charge in [-0.1, -0.05) is 33.4 Å². The number of carbonyl (C=O) groups is 3. The second kappa shape index (κ2) is 15.0. The maximum absolute atomic E-state index is 13.5. The second-order valence-corrected chi connectivity index (χ2v) is 12.7. The van der Waals surface area contributed by atoms with Crippen molar-refractivity contribution in [1.29, 1.82) is 0 Å². The van der Waals surface area contributed by atoms with Gasteiger partial charge in [0.1, 0.15) is 11.4 Å². The molecule has 0 aliphatic heterocycles. The van der Waals surface area contributed by atoms with Gasteiger partial charge >= 0.3 is 0 Å². The van der Waals surface area contributed by atoms with E-state index in [1.165, 1.54) is 0 Å². The lowest BCUT2D eigenvalue weighted by Crippen LogP contribution is -2.20. The van der Waals surface area contributed by atoms with Crippen LogP contribution in [0.2, 0.25) is 0 Å². The number of fused-ring (bicyclic) bond motifs is 2. The zero-order valence-electron chi connectivity index (χ0n) is 29.3. The van der Waals surface area contributed by atoms with Crippen molar-refractivity contribution in [3.8, 4) is 0 Å². The van der Waals surface area contributed by atoms with Gasteiger partial charge in [0.05, 0.1) is 33.5 Å². The largest absolute Gasteiger partial charge is 0.366 e. The van der Waals surface area contributed by atoms with Crippen LogP contribution >= 0.6 is 0 Å². The van der Waals surface area contributed by atoms with Crippen molar-refractivity contribution in [2.24, 2.45) is 5.73 Å². The zero-order valence-corrected chi connectivity index (χ0v) is 29.3. The van der Waals surface area contributed by atoms with E-state index in [0.29, 0.717) is 67.0 Å². The third kappa shape index (κ3) is 7.25. The fraction of sp³-hybridized carbons (Fsp3) is 0.378. The van der Waals surface area contributed by atoms with Gasteiger partial charge in [-0.2, -0.15) is 10.2 Å². The van der Waals surface area contributed by atoms with Gasteiger partial charge in [0.25, 0.3) is 11.8 Å². The molecular weight excluding hydrogens is 646 g/mol. The van der Waals surface area contributed by atoms with E-state index in [2.05, 4.69) is 45.3 Å². The standard InChI is InChI=1S/C36H43N11O3.CH4/c1-7-46-29(18-22(5)42-46)33(49)40-35-38-26-20-24(32(37)48)14-15-27(26)44(35)16-9-10-17-45-28-13-11-12-25(21(3)4)31(28)39-36(45)41-34(50)30-19-23(6)43-47(30)8-2;/h11-15,18-21H,7-10,16-17H2,1-6H3,(H2,37,48)(H,38,40,49)(H,39,41,50);1H4. The highest BCUT2D eigenvalue weighted by Gasteiger charge is 2.21. The number of aromatic nitrogens is 8. The summed E-state index contributed by atoms with van der Waals surface area (Å²) in [5, 5.41) is 14.9. The summed E-state index contributed by atoms with van der Waals surface area (Å²) in [5.74, 6) is -0.0751. The van der Waals surface area contributed by atoms with Gasteiger partial charge in [-0.3, -0.25) is 34.4 Å². The molecule has 14 nitrogen and oxygen atoms in total. The van der Waals surface area contributed by atoms with Crippen molar-refractivity contribution in [2.45, 2.75) is 93.9 Å². The fourth-order valence-electron chi connectivity index (χ4n) is 6.37. The molecule has 4 N–H and O–H groups in total. The molecule has 0 aliphatic carbocycles. The number of imidazole rings is 2. The van der Waals surface area contributed by atoms with E-state index < -0.39 is 5.91 Å². The smallest absolute Gasteiger partial charge is 0.276 e. The van der Waals surface area contributed by atoms with Crippen LogP contribution in [0.5, 0.6) is 0 Å². The Kier molecular flexibility index (Phi) is 10.7. The summed E-state index contributed by atoms with van der Waals surface area (Å²) >= 11 is 0. The van der Waals surface area contributed by atoms with E-state index in [1.54, 1.807) is 39.7 Å². The number of hydrogen-bond donors (Lipinski definition) is 3. The quantitative estimate of drug-likeness (QED) is 0.119. The van der Waals surface area contributed by atoms with Crippen molar-refractivity contribution < 1.29 is 14.4 Å². The molecule has 0 aliphatic rings. The molecule has 0 radical (unpaired) electrons. The van der Waals surface area contributed by atoms with E-state index in [1.807, 2.05) is 44.4 Å². The van der Waals surface area contributed by atoms with E-state index >= 15 is 0 Å². The lowest BCUT2D eigenvalue weighted by molar-refractivity contribution is 0.0995. The molecule has 0 spiro atoms. The fourth-order valence-corrected chi connectivity index (χ4v) is 6.37. The summed E-state index contributed by atoms with van der Waals surface area (Å²) in [6.45, 7) is 14.1. The first-order chi connectivity index (χ1) is 24.0. The molecular formula is C37H47N11O3. The number of primary amides is 1. The normalized spacial score (nSPS) is 11.4. The Labute approximate surface area is 297 Å². The lowest BCUT2D eigenvalue weighted by Gasteiger charge is -2.13. The summed E-state index contributed by atoms with van der Waals surface area (Å²) < 4.78 is 7.33. The molecule has 2 aromatic carbocycles. The van der Waals surface area contributed by atoms with Gasteiger partial charge in [0, 0.05) is 31.7 Å². The molecule has 4 aromatic heterocycles. The predicted octanol–water partition coefficient (Wildman–Crippen LogP) is 6.28. The van der Waals surface area contributed by atoms with Crippen molar-refractivity contribution in [3.63, 3.8) is 0 Å². The van der Waals surface area contributed by atoms with Crippen LogP contribution in [0.4, 0.5) is 11.9 Å². The van der Waals surface area contributed by atoms with E-state index in [-0.39, 0.29) is 25.2 Å². The zero-order chi connectivity index (χ0) is 35.7. The molecule has 6 aromatic rings. The first-order valence-corrected chi connectivity index (χ1v) is 17.0. The number of amides is 3. The molecule has 4 heterocycles. The molecule has 268 valence electrons. The monoisotopic (exact) mass is 693 g/mol. The first-order valence-electron chi connectivity index (χ1n) is 17.0. The summed E-state index contributed by atoms with van der Waals surface area (Å²) in [6.07, 6.45) is 1.43. The second-order valence-electron chi connectivity index (χ2n) is 12.7. The SMILES string of the molecule is C.CCn1nc(C)cc1C(=O)Nc1nc2cc(C(N)=O)ccc2n1CCCCn1c(NC(=O)c2cc(C)nn2CC)nc2c(C(C)C)cccc21. The number of anilines is 2. The molecule has 14 heteroatoms. The Balaban J connectivity index is 0.00000504. The summed E-state index contributed by atoms with van der Waals surface area (Å²) in [4.78, 5) is 48.5. The Morgan fingerprint density at radius 3 is 1.84 bits per heavy atom. The molecule has 0 bridgehead atoms. The Hall–Kier alpha value is -5.79. The van der Waals surface area contributed by atoms with E-state index in [0.717, 1.165) is 39.9 Å². The first kappa shape index (κ1) is 36.5. The minimum absolute atomic E-state index is 0. The minimum atomic E-state index is -0.556. The van der Waals surface area contributed by atoms with Crippen LogP contribution in [0, 0.1) is 13.8 Å². The highest BCUT2D eigenvalue weighted by atomic mass is 16.2. The van der Waals surface area contributed by atoms with Crippen molar-refractivity contribution in [1.82, 2.24) is 38.7 Å². The van der Waals surface area contributed by atoms with Crippen molar-refractivity contribution >= 4 is 51.7 Å². The molecule has 0 saturated heterocycles. The van der Waals surface area contributed by atoms with E-state index in [4.69, 9.17) is 15.7 Å². The van der Waals surface area contributed by atoms with Crippen molar-refractivity contribution in [2.75, 3.05) is 10.6 Å². The van der Waals surface area contributed by atoms with Gasteiger partial charge < -0.3 is 14.9 Å². The highest BCUT2D eigenvalue weighted by molar-refractivity contribution is 6.04. The maximum atomic E-state index is 13.5. The topological polar surface area (TPSA) is 173 Å². The lowest BCUT2D eigenvalue weighted by atomic mass is 10.0. The number of aryl methyl sites for hydroxylation is 6. The van der Waals surface area contributed by atoms with Gasteiger partial charge in [-0.25, -0.2) is 9.97 Å². The molecule has 0 saturated carbocycles. The third-order valence-electron chi connectivity index (χ3n) is 8.80. The molecule has 0 fully saturated rings. The van der Waals surface area contributed by atoms with Crippen LogP contribution in [-0.2, 0) is 26.2 Å². The Morgan fingerprint density at radius 1 is 0.765 bits per heavy atom. The average Bonchev–Trinajstić information content (AvgIpc) is 3.84. The minimum Gasteiger partial charge on any atom is -0.366 e. The average molecular weight is 694 g/mol. The summed E-state index contributed by atoms with van der Waals surface area (Å²) in [5.41, 5.74) is 12.5. The van der Waals surface area contributed by atoms with Crippen LogP contribution in [0.15, 0.2) is 48.5 Å². The van der Waals surface area contributed by atoms with Crippen LogP contribution in [0.25, 0.3) is 22.1 Å². The van der Waals surface area contributed by atoms with Crippen LogP contribution < -0.4 is 16.4 Å². The van der Waals surface area contributed by atoms with E-state index in [9.17, 15) is 14.4 Å². The third-order valence-corrected chi connectivity index (χ3v) is 8.80. The number of nitrogens with zero attached hydrogens (tertiary/aromatic N) is 8. The number of rotatable bonds is 13. The molecule has 0 atom stereocenters. The van der Waals surface area contributed by atoms with Gasteiger partial charge in [-0.15, -0.1) is 0 Å². The van der Waals surface area contributed by atoms with Gasteiger partial charge in [0.2, 0.25) is 17.8 Å². The maximum Gasteiger partial charge on any atom is 0.276 e. The van der Waals surface area contributed by atoms with Crippen LogP contribution in [0.1, 0.15) is 102 Å². The number of nitrogens with two attached hydrogens (primary N) is 1. The molecule has 3 amide bonds. The number of para-hydroxylation sites is 1. The number of unbranched alkanes of at least 4 members (excludes halogenated alkanes) is 1. The van der Waals surface area contributed by atoms with Crippen LogP contribution in [0.3, 0.4) is 0 Å². The van der Waals surface area contributed by atoms with Gasteiger partial charge in [0.15, 0.2) is 0 Å². The molecule has 6 rings (SSSR count). The number of benzene rings is 2. The number of carbonyl (C=O) groups excluding carboxylic acids is 3. The predicted molar refractivity (Wildman–Crippen MR) is 199 cm³/mol. The molecule has 51 heavy (non-hydrogen) atoms. The summed E-state index contributed by atoms with van der Waals surface area (Å²) in [7, 11) is 0. The van der Waals surface area contributed by atoms with Gasteiger partial charge in [-0.05, 0) is 88.4 Å². The highest BCUT2D eigenvalue weighted by Crippen LogP contribution is 2.29. The number of nitrogens with one attached hydrogen (secondary N) is 2. The van der Waals surface area contributed by atoms with Crippen LogP contribution in [-0.4, -0.2) is 56.4 Å². The Bertz CT molecular complexity index is 2230.